The van der Waals surface area contributed by atoms with E-state index in [1.54, 1.807) is 0 Å². The van der Waals surface area contributed by atoms with E-state index >= 15 is 0 Å². The van der Waals surface area contributed by atoms with Gasteiger partial charge in [0.1, 0.15) is 11.7 Å². The van der Waals surface area contributed by atoms with Gasteiger partial charge in [-0.2, -0.15) is 0 Å². The Morgan fingerprint density at radius 3 is 2.39 bits per heavy atom. The van der Waals surface area contributed by atoms with Crippen LogP contribution in [0.15, 0.2) is 12.1 Å². The quantitative estimate of drug-likeness (QED) is 0.805. The summed E-state index contributed by atoms with van der Waals surface area (Å²) < 4.78 is 11.0. The lowest BCUT2D eigenvalue weighted by Gasteiger charge is -2.24. The van der Waals surface area contributed by atoms with E-state index in [1.807, 2.05) is 32.9 Å². The van der Waals surface area contributed by atoms with Crippen molar-refractivity contribution in [2.24, 2.45) is 5.92 Å². The molecule has 1 aromatic carbocycles. The molecule has 1 heterocycles. The SMILES string of the molecule is Cc1cc(C)c(C2C(=O)CC(CC3COCCO3)C2=O)c(C)c1. The predicted octanol–water partition coefficient (Wildman–Crippen LogP) is 2.66. The second-order valence-electron chi connectivity index (χ2n) is 6.82. The van der Waals surface area contributed by atoms with Crippen molar-refractivity contribution in [3.8, 4) is 0 Å². The number of aryl methyl sites for hydroxylation is 3. The lowest BCUT2D eigenvalue weighted by Crippen LogP contribution is -2.31. The maximum absolute atomic E-state index is 12.9. The molecule has 3 atom stereocenters. The zero-order valence-electron chi connectivity index (χ0n) is 14.1. The first-order valence-corrected chi connectivity index (χ1v) is 8.31. The van der Waals surface area contributed by atoms with E-state index in [2.05, 4.69) is 0 Å². The van der Waals surface area contributed by atoms with E-state index in [0.29, 0.717) is 32.7 Å². The molecule has 4 heteroatoms. The van der Waals surface area contributed by atoms with Crippen LogP contribution in [0.4, 0.5) is 0 Å². The van der Waals surface area contributed by atoms with Crippen LogP contribution in [0, 0.1) is 26.7 Å². The van der Waals surface area contributed by atoms with E-state index in [-0.39, 0.29) is 23.6 Å². The van der Waals surface area contributed by atoms with Gasteiger partial charge in [0, 0.05) is 12.3 Å². The van der Waals surface area contributed by atoms with E-state index in [1.165, 1.54) is 0 Å². The summed E-state index contributed by atoms with van der Waals surface area (Å²) >= 11 is 0. The van der Waals surface area contributed by atoms with Gasteiger partial charge in [-0.15, -0.1) is 0 Å². The van der Waals surface area contributed by atoms with Gasteiger partial charge in [0.2, 0.25) is 0 Å². The molecule has 4 nitrogen and oxygen atoms in total. The van der Waals surface area contributed by atoms with Crippen LogP contribution in [0.2, 0.25) is 0 Å². The summed E-state index contributed by atoms with van der Waals surface area (Å²) in [5, 5.41) is 0. The fraction of sp³-hybridized carbons (Fsp3) is 0.579. The number of Topliss-reactive ketones (excluding diaryl/α,β-unsaturated/α-hetero) is 2. The molecule has 0 aromatic heterocycles. The molecule has 23 heavy (non-hydrogen) atoms. The van der Waals surface area contributed by atoms with Crippen molar-refractivity contribution in [2.75, 3.05) is 19.8 Å². The molecule has 2 fully saturated rings. The topological polar surface area (TPSA) is 52.6 Å². The first-order chi connectivity index (χ1) is 11.0. The zero-order valence-corrected chi connectivity index (χ0v) is 14.1. The highest BCUT2D eigenvalue weighted by molar-refractivity contribution is 6.15. The third-order valence-corrected chi connectivity index (χ3v) is 4.92. The Bertz CT molecular complexity index is 605. The van der Waals surface area contributed by atoms with Gasteiger partial charge in [-0.25, -0.2) is 0 Å². The summed E-state index contributed by atoms with van der Waals surface area (Å²) in [4.78, 5) is 25.4. The molecule has 3 rings (SSSR count). The minimum atomic E-state index is -0.592. The minimum Gasteiger partial charge on any atom is -0.376 e. The summed E-state index contributed by atoms with van der Waals surface area (Å²) in [6.45, 7) is 7.71. The van der Waals surface area contributed by atoms with Crippen LogP contribution in [-0.2, 0) is 19.1 Å². The number of hydrogen-bond acceptors (Lipinski definition) is 4. The van der Waals surface area contributed by atoms with Gasteiger partial charge in [0.25, 0.3) is 0 Å². The van der Waals surface area contributed by atoms with E-state index in [4.69, 9.17) is 9.47 Å². The highest BCUT2D eigenvalue weighted by atomic mass is 16.6. The van der Waals surface area contributed by atoms with Crippen LogP contribution in [0.3, 0.4) is 0 Å². The number of benzene rings is 1. The molecule has 0 radical (unpaired) electrons. The zero-order chi connectivity index (χ0) is 16.6. The molecular weight excluding hydrogens is 292 g/mol. The van der Waals surface area contributed by atoms with E-state index in [0.717, 1.165) is 22.3 Å². The van der Waals surface area contributed by atoms with Crippen LogP contribution in [-0.4, -0.2) is 37.5 Å². The molecule has 0 spiro atoms. The molecule has 0 N–H and O–H groups in total. The molecule has 1 aliphatic carbocycles. The number of carbonyl (C=O) groups excluding carboxylic acids is 2. The number of ketones is 2. The number of ether oxygens (including phenoxy) is 2. The molecular formula is C19H24O4. The van der Waals surface area contributed by atoms with Crippen LogP contribution in [0.1, 0.15) is 41.0 Å². The standard InChI is InChI=1S/C19H24O4/c1-11-6-12(2)17(13(3)7-11)18-16(20)9-14(19(18)21)8-15-10-22-4-5-23-15/h6-7,14-15,18H,4-5,8-10H2,1-3H3. The van der Waals surface area contributed by atoms with Crippen LogP contribution >= 0.6 is 0 Å². The highest BCUT2D eigenvalue weighted by Gasteiger charge is 2.44. The fourth-order valence-electron chi connectivity index (χ4n) is 3.99. The number of hydrogen-bond donors (Lipinski definition) is 0. The summed E-state index contributed by atoms with van der Waals surface area (Å²) in [5.74, 6) is -0.726. The second-order valence-corrected chi connectivity index (χ2v) is 6.82. The average Bonchev–Trinajstić information content (AvgIpc) is 2.75. The van der Waals surface area contributed by atoms with Gasteiger partial charge in [0.05, 0.1) is 25.9 Å². The molecule has 0 bridgehead atoms. The van der Waals surface area contributed by atoms with Crippen molar-refractivity contribution >= 4 is 11.6 Å². The Balaban J connectivity index is 1.81. The number of rotatable bonds is 3. The van der Waals surface area contributed by atoms with Gasteiger partial charge >= 0.3 is 0 Å². The van der Waals surface area contributed by atoms with Gasteiger partial charge in [-0.05, 0) is 43.9 Å². The van der Waals surface area contributed by atoms with Gasteiger partial charge in [-0.3, -0.25) is 9.59 Å². The van der Waals surface area contributed by atoms with Crippen molar-refractivity contribution in [3.63, 3.8) is 0 Å². The van der Waals surface area contributed by atoms with E-state index in [9.17, 15) is 9.59 Å². The van der Waals surface area contributed by atoms with Crippen molar-refractivity contribution in [2.45, 2.75) is 45.6 Å². The monoisotopic (exact) mass is 316 g/mol. The van der Waals surface area contributed by atoms with Crippen molar-refractivity contribution in [3.05, 3.63) is 34.4 Å². The maximum atomic E-state index is 12.9. The van der Waals surface area contributed by atoms with E-state index < -0.39 is 5.92 Å². The average molecular weight is 316 g/mol. The Morgan fingerprint density at radius 1 is 1.09 bits per heavy atom. The lowest BCUT2D eigenvalue weighted by molar-refractivity contribution is -0.127. The highest BCUT2D eigenvalue weighted by Crippen LogP contribution is 2.38. The molecule has 1 aliphatic heterocycles. The van der Waals surface area contributed by atoms with Crippen molar-refractivity contribution in [1.82, 2.24) is 0 Å². The molecule has 1 saturated heterocycles. The first kappa shape index (κ1) is 16.3. The molecule has 2 aliphatic rings. The largest absolute Gasteiger partial charge is 0.376 e. The van der Waals surface area contributed by atoms with Crippen molar-refractivity contribution < 1.29 is 19.1 Å². The van der Waals surface area contributed by atoms with Crippen LogP contribution in [0.25, 0.3) is 0 Å². The summed E-state index contributed by atoms with van der Waals surface area (Å²) in [5.41, 5.74) is 4.14. The Morgan fingerprint density at radius 2 is 1.78 bits per heavy atom. The lowest BCUT2D eigenvalue weighted by atomic mass is 9.86. The first-order valence-electron chi connectivity index (χ1n) is 8.31. The molecule has 124 valence electrons. The van der Waals surface area contributed by atoms with Gasteiger partial charge in [-0.1, -0.05) is 17.7 Å². The molecule has 0 amide bonds. The molecule has 1 saturated carbocycles. The Hall–Kier alpha value is -1.52. The second kappa shape index (κ2) is 6.54. The van der Waals surface area contributed by atoms with Crippen LogP contribution in [0.5, 0.6) is 0 Å². The summed E-state index contributed by atoms with van der Waals surface area (Å²) in [6.07, 6.45) is 0.852. The summed E-state index contributed by atoms with van der Waals surface area (Å²) in [7, 11) is 0. The Labute approximate surface area is 137 Å². The van der Waals surface area contributed by atoms with Crippen molar-refractivity contribution in [1.29, 1.82) is 0 Å². The molecule has 1 aromatic rings. The molecule has 3 unspecified atom stereocenters. The third kappa shape index (κ3) is 3.24. The predicted molar refractivity (Wildman–Crippen MR) is 86.7 cm³/mol. The minimum absolute atomic E-state index is 0.0479. The van der Waals surface area contributed by atoms with Crippen LogP contribution < -0.4 is 0 Å². The number of carbonyl (C=O) groups is 2. The fourth-order valence-corrected chi connectivity index (χ4v) is 3.99. The Kier molecular flexibility index (Phi) is 4.64. The van der Waals surface area contributed by atoms with Gasteiger partial charge in [0.15, 0.2) is 5.78 Å². The van der Waals surface area contributed by atoms with Gasteiger partial charge < -0.3 is 9.47 Å². The maximum Gasteiger partial charge on any atom is 0.151 e. The summed E-state index contributed by atoms with van der Waals surface area (Å²) in [6, 6.07) is 4.10. The normalized spacial score (nSPS) is 28.4. The smallest absolute Gasteiger partial charge is 0.151 e. The third-order valence-electron chi connectivity index (χ3n) is 4.92.